The molecule has 1 saturated heterocycles. The number of nitrogens with two attached hydrogens (primary N) is 1. The van der Waals surface area contributed by atoms with Crippen LogP contribution >= 0.6 is 0 Å². The Hall–Kier alpha value is -1.82. The predicted molar refractivity (Wildman–Crippen MR) is 78.9 cm³/mol. The van der Waals surface area contributed by atoms with Crippen LogP contribution in [0.4, 0.5) is 11.5 Å². The van der Waals surface area contributed by atoms with E-state index in [1.165, 1.54) is 13.3 Å². The van der Waals surface area contributed by atoms with E-state index in [2.05, 4.69) is 28.9 Å². The van der Waals surface area contributed by atoms with Crippen molar-refractivity contribution in [2.45, 2.75) is 18.9 Å². The molecular weight excluding hydrogens is 256 g/mol. The Morgan fingerprint density at radius 3 is 2.65 bits per heavy atom. The lowest BCUT2D eigenvalue weighted by molar-refractivity contribution is 0.0602. The molecule has 6 heteroatoms. The van der Waals surface area contributed by atoms with Crippen LogP contribution in [0.25, 0.3) is 0 Å². The first-order valence-electron chi connectivity index (χ1n) is 6.78. The molecule has 6 nitrogen and oxygen atoms in total. The summed E-state index contributed by atoms with van der Waals surface area (Å²) < 4.78 is 4.74. The largest absolute Gasteiger partial charge is 0.465 e. The van der Waals surface area contributed by atoms with Crippen molar-refractivity contribution in [3.8, 4) is 0 Å². The monoisotopic (exact) mass is 278 g/mol. The fourth-order valence-electron chi connectivity index (χ4n) is 2.53. The second-order valence-corrected chi connectivity index (χ2v) is 5.30. The zero-order chi connectivity index (χ0) is 14.7. The molecule has 0 radical (unpaired) electrons. The van der Waals surface area contributed by atoms with Crippen molar-refractivity contribution in [3.63, 3.8) is 0 Å². The summed E-state index contributed by atoms with van der Waals surface area (Å²) in [5.41, 5.74) is 6.50. The Balaban J connectivity index is 2.12. The average molecular weight is 278 g/mol. The highest BCUT2D eigenvalue weighted by Gasteiger charge is 2.22. The number of anilines is 2. The topological polar surface area (TPSA) is 71.7 Å². The van der Waals surface area contributed by atoms with Crippen LogP contribution in [0.1, 0.15) is 23.2 Å². The Morgan fingerprint density at radius 2 is 2.10 bits per heavy atom. The van der Waals surface area contributed by atoms with E-state index < -0.39 is 5.97 Å². The smallest absolute Gasteiger partial charge is 0.340 e. The molecule has 0 unspecified atom stereocenters. The number of carbonyl (C=O) groups is 1. The van der Waals surface area contributed by atoms with Crippen LogP contribution in [0.2, 0.25) is 0 Å². The average Bonchev–Trinajstić information content (AvgIpc) is 2.47. The maximum absolute atomic E-state index is 11.7. The molecule has 20 heavy (non-hydrogen) atoms. The number of hydrogen-bond donors (Lipinski definition) is 1. The second-order valence-electron chi connectivity index (χ2n) is 5.30. The highest BCUT2D eigenvalue weighted by atomic mass is 16.5. The molecule has 1 aromatic rings. The minimum atomic E-state index is -0.422. The molecule has 0 atom stereocenters. The Kier molecular flexibility index (Phi) is 4.44. The molecule has 0 spiro atoms. The van der Waals surface area contributed by atoms with Crippen molar-refractivity contribution in [1.82, 2.24) is 9.88 Å². The van der Waals surface area contributed by atoms with Crippen molar-refractivity contribution in [3.05, 3.63) is 17.8 Å². The van der Waals surface area contributed by atoms with E-state index in [0.717, 1.165) is 31.7 Å². The third kappa shape index (κ3) is 3.01. The summed E-state index contributed by atoms with van der Waals surface area (Å²) in [5.74, 6) is 0.367. The zero-order valence-corrected chi connectivity index (χ0v) is 12.3. The fraction of sp³-hybridized carbons (Fsp3) is 0.571. The first kappa shape index (κ1) is 14.6. The number of ether oxygens (including phenoxy) is 1. The van der Waals surface area contributed by atoms with Crippen molar-refractivity contribution in [1.29, 1.82) is 0 Å². The van der Waals surface area contributed by atoms with Gasteiger partial charge in [-0.05, 0) is 33.0 Å². The molecule has 0 aliphatic carbocycles. The van der Waals surface area contributed by atoms with E-state index in [1.54, 1.807) is 6.07 Å². The zero-order valence-electron chi connectivity index (χ0n) is 12.3. The van der Waals surface area contributed by atoms with Gasteiger partial charge in [-0.1, -0.05) is 0 Å². The number of methoxy groups -OCH3 is 1. The minimum absolute atomic E-state index is 0.351. The van der Waals surface area contributed by atoms with Gasteiger partial charge in [0.05, 0.1) is 24.6 Å². The van der Waals surface area contributed by atoms with Gasteiger partial charge in [0, 0.05) is 19.1 Å². The first-order valence-corrected chi connectivity index (χ1v) is 6.78. The molecule has 110 valence electrons. The maximum Gasteiger partial charge on any atom is 0.340 e. The van der Waals surface area contributed by atoms with E-state index in [9.17, 15) is 4.79 Å². The van der Waals surface area contributed by atoms with Gasteiger partial charge in [-0.3, -0.25) is 0 Å². The molecule has 0 saturated carbocycles. The standard InChI is InChI=1S/C14H22N4O2/c1-17(2)10-4-6-18(7-5-10)13-8-11(14(19)20-3)12(15)9-16-13/h8-10H,4-7,15H2,1-3H3. The maximum atomic E-state index is 11.7. The Morgan fingerprint density at radius 1 is 1.45 bits per heavy atom. The van der Waals surface area contributed by atoms with Crippen LogP contribution in [-0.2, 0) is 4.74 Å². The molecule has 1 aliphatic rings. The van der Waals surface area contributed by atoms with Gasteiger partial charge < -0.3 is 20.3 Å². The molecular formula is C14H22N4O2. The number of piperidine rings is 1. The van der Waals surface area contributed by atoms with Crippen LogP contribution in [0, 0.1) is 0 Å². The second kappa shape index (κ2) is 6.09. The third-order valence-corrected chi connectivity index (χ3v) is 3.84. The van der Waals surface area contributed by atoms with Crippen LogP contribution in [0.15, 0.2) is 12.3 Å². The summed E-state index contributed by atoms with van der Waals surface area (Å²) in [7, 11) is 5.57. The summed E-state index contributed by atoms with van der Waals surface area (Å²) in [6.07, 6.45) is 3.71. The summed E-state index contributed by atoms with van der Waals surface area (Å²) in [4.78, 5) is 20.4. The van der Waals surface area contributed by atoms with Gasteiger partial charge in [0.25, 0.3) is 0 Å². The number of rotatable bonds is 3. The predicted octanol–water partition coefficient (Wildman–Crippen LogP) is 0.981. The molecule has 1 aromatic heterocycles. The van der Waals surface area contributed by atoms with Crippen molar-refractivity contribution in [2.75, 3.05) is 44.9 Å². The molecule has 2 N–H and O–H groups in total. The van der Waals surface area contributed by atoms with E-state index in [1.807, 2.05) is 0 Å². The molecule has 2 rings (SSSR count). The number of carbonyl (C=O) groups excluding carboxylic acids is 1. The van der Waals surface area contributed by atoms with Crippen molar-refractivity contribution in [2.24, 2.45) is 0 Å². The first-order chi connectivity index (χ1) is 9.52. The van der Waals surface area contributed by atoms with Crippen LogP contribution < -0.4 is 10.6 Å². The lowest BCUT2D eigenvalue weighted by atomic mass is 10.0. The van der Waals surface area contributed by atoms with Gasteiger partial charge >= 0.3 is 5.97 Å². The normalized spacial score (nSPS) is 16.5. The van der Waals surface area contributed by atoms with E-state index >= 15 is 0 Å². The van der Waals surface area contributed by atoms with E-state index in [4.69, 9.17) is 10.5 Å². The fourth-order valence-corrected chi connectivity index (χ4v) is 2.53. The highest BCUT2D eigenvalue weighted by Crippen LogP contribution is 2.23. The Bertz CT molecular complexity index is 482. The molecule has 0 aromatic carbocycles. The quantitative estimate of drug-likeness (QED) is 0.831. The number of hydrogen-bond acceptors (Lipinski definition) is 6. The highest BCUT2D eigenvalue weighted by molar-refractivity contribution is 5.95. The van der Waals surface area contributed by atoms with E-state index in [0.29, 0.717) is 17.3 Å². The molecule has 0 amide bonds. The number of pyridine rings is 1. The summed E-state index contributed by atoms with van der Waals surface area (Å²) >= 11 is 0. The lowest BCUT2D eigenvalue weighted by Crippen LogP contribution is -2.42. The molecule has 1 fully saturated rings. The van der Waals surface area contributed by atoms with Gasteiger partial charge in [-0.25, -0.2) is 9.78 Å². The van der Waals surface area contributed by atoms with Crippen LogP contribution in [-0.4, -0.2) is 56.2 Å². The number of nitrogens with zero attached hydrogens (tertiary/aromatic N) is 3. The summed E-state index contributed by atoms with van der Waals surface area (Å²) in [6.45, 7) is 1.86. The van der Waals surface area contributed by atoms with Crippen LogP contribution in [0.3, 0.4) is 0 Å². The van der Waals surface area contributed by atoms with Crippen molar-refractivity contribution >= 4 is 17.5 Å². The van der Waals surface area contributed by atoms with Crippen molar-refractivity contribution < 1.29 is 9.53 Å². The Labute approximate surface area is 119 Å². The number of aromatic nitrogens is 1. The summed E-state index contributed by atoms with van der Waals surface area (Å²) in [6, 6.07) is 2.33. The number of nitrogen functional groups attached to an aromatic ring is 1. The van der Waals surface area contributed by atoms with Gasteiger partial charge in [-0.15, -0.1) is 0 Å². The molecule has 2 heterocycles. The molecule has 1 aliphatic heterocycles. The third-order valence-electron chi connectivity index (χ3n) is 3.84. The lowest BCUT2D eigenvalue weighted by Gasteiger charge is -2.35. The van der Waals surface area contributed by atoms with Gasteiger partial charge in [-0.2, -0.15) is 0 Å². The van der Waals surface area contributed by atoms with Gasteiger partial charge in [0.15, 0.2) is 0 Å². The van der Waals surface area contributed by atoms with E-state index in [-0.39, 0.29) is 0 Å². The SMILES string of the molecule is COC(=O)c1cc(N2CCC(N(C)C)CC2)ncc1N. The minimum Gasteiger partial charge on any atom is -0.465 e. The molecule has 0 bridgehead atoms. The van der Waals surface area contributed by atoms with Crippen LogP contribution in [0.5, 0.6) is 0 Å². The summed E-state index contributed by atoms with van der Waals surface area (Å²) in [5, 5.41) is 0. The van der Waals surface area contributed by atoms with Gasteiger partial charge in [0.1, 0.15) is 5.82 Å². The van der Waals surface area contributed by atoms with Gasteiger partial charge in [0.2, 0.25) is 0 Å². The number of esters is 1.